The quantitative estimate of drug-likeness (QED) is 0.938. The lowest BCUT2D eigenvalue weighted by atomic mass is 10.1. The van der Waals surface area contributed by atoms with Gasteiger partial charge in [-0.05, 0) is 47.0 Å². The van der Waals surface area contributed by atoms with Gasteiger partial charge in [0.1, 0.15) is 5.82 Å². The van der Waals surface area contributed by atoms with Crippen LogP contribution in [0, 0.1) is 0 Å². The van der Waals surface area contributed by atoms with Gasteiger partial charge < -0.3 is 15.2 Å². The van der Waals surface area contributed by atoms with Crippen LogP contribution in [0.3, 0.4) is 0 Å². The lowest BCUT2D eigenvalue weighted by Crippen LogP contribution is -2.33. The number of fused-ring (bicyclic) bond motifs is 1. The molecule has 1 atom stereocenters. The summed E-state index contributed by atoms with van der Waals surface area (Å²) in [5.74, 6) is 1.13. The molecule has 0 saturated heterocycles. The zero-order chi connectivity index (χ0) is 14.1. The Morgan fingerprint density at radius 3 is 3.00 bits per heavy atom. The summed E-state index contributed by atoms with van der Waals surface area (Å²) >= 11 is 3.69. The molecular formula is C15H19BrN4. The van der Waals surface area contributed by atoms with Crippen LogP contribution >= 0.6 is 15.9 Å². The first-order chi connectivity index (χ1) is 9.63. The molecule has 0 aliphatic carbocycles. The van der Waals surface area contributed by atoms with Gasteiger partial charge in [-0.1, -0.05) is 6.07 Å². The Kier molecular flexibility index (Phi) is 3.81. The van der Waals surface area contributed by atoms with E-state index in [4.69, 9.17) is 5.73 Å². The highest BCUT2D eigenvalue weighted by atomic mass is 79.9. The third-order valence-electron chi connectivity index (χ3n) is 3.66. The number of halogens is 1. The fourth-order valence-corrected chi connectivity index (χ4v) is 3.36. The van der Waals surface area contributed by atoms with Crippen LogP contribution in [-0.4, -0.2) is 22.1 Å². The average molecular weight is 335 g/mol. The van der Waals surface area contributed by atoms with E-state index in [2.05, 4.69) is 48.6 Å². The number of aromatic nitrogens is 2. The van der Waals surface area contributed by atoms with Crippen molar-refractivity contribution < 1.29 is 0 Å². The highest BCUT2D eigenvalue weighted by Crippen LogP contribution is 2.30. The highest BCUT2D eigenvalue weighted by Gasteiger charge is 2.18. The summed E-state index contributed by atoms with van der Waals surface area (Å²) in [5.41, 5.74) is 8.36. The van der Waals surface area contributed by atoms with Crippen LogP contribution in [-0.2, 0) is 19.5 Å². The Labute approximate surface area is 127 Å². The molecule has 0 radical (unpaired) electrons. The molecular weight excluding hydrogens is 316 g/mol. The van der Waals surface area contributed by atoms with E-state index in [9.17, 15) is 0 Å². The van der Waals surface area contributed by atoms with E-state index in [1.165, 1.54) is 11.3 Å². The summed E-state index contributed by atoms with van der Waals surface area (Å²) in [5, 5.41) is 0. The number of hydrogen-bond donors (Lipinski definition) is 1. The number of nitrogens with two attached hydrogens (primary N) is 1. The monoisotopic (exact) mass is 334 g/mol. The maximum absolute atomic E-state index is 5.86. The second-order valence-corrected chi connectivity index (χ2v) is 6.28. The topological polar surface area (TPSA) is 47.1 Å². The molecule has 1 aromatic carbocycles. The molecule has 5 heteroatoms. The number of nitrogens with zero attached hydrogens (tertiary/aromatic N) is 3. The van der Waals surface area contributed by atoms with Crippen molar-refractivity contribution in [3.8, 4) is 0 Å². The summed E-state index contributed by atoms with van der Waals surface area (Å²) in [6.45, 7) is 4.89. The molecule has 20 heavy (non-hydrogen) atoms. The zero-order valence-corrected chi connectivity index (χ0v) is 13.2. The first kappa shape index (κ1) is 13.6. The number of rotatable bonds is 3. The largest absolute Gasteiger partial charge is 0.361 e. The average Bonchev–Trinajstić information content (AvgIpc) is 2.85. The number of anilines is 1. The van der Waals surface area contributed by atoms with Gasteiger partial charge in [0.2, 0.25) is 0 Å². The summed E-state index contributed by atoms with van der Waals surface area (Å²) in [6, 6.07) is 6.72. The lowest BCUT2D eigenvalue weighted by Gasteiger charge is -2.30. The van der Waals surface area contributed by atoms with E-state index in [1.807, 2.05) is 19.3 Å². The smallest absolute Gasteiger partial charge is 0.128 e. The van der Waals surface area contributed by atoms with Crippen LogP contribution in [0.4, 0.5) is 5.69 Å². The van der Waals surface area contributed by atoms with Crippen molar-refractivity contribution in [2.45, 2.75) is 32.5 Å². The first-order valence-electron chi connectivity index (χ1n) is 6.92. The fraction of sp³-hybridized carbons (Fsp3) is 0.400. The number of imidazole rings is 1. The summed E-state index contributed by atoms with van der Waals surface area (Å²) < 4.78 is 3.35. The molecule has 2 N–H and O–H groups in total. The van der Waals surface area contributed by atoms with Crippen LogP contribution in [0.25, 0.3) is 0 Å². The van der Waals surface area contributed by atoms with E-state index < -0.39 is 0 Å². The molecule has 1 unspecified atom stereocenters. The molecule has 0 saturated carbocycles. The molecule has 106 valence electrons. The van der Waals surface area contributed by atoms with Crippen LogP contribution < -0.4 is 10.6 Å². The van der Waals surface area contributed by atoms with Gasteiger partial charge in [0, 0.05) is 36.0 Å². The zero-order valence-electron chi connectivity index (χ0n) is 11.6. The van der Waals surface area contributed by atoms with Gasteiger partial charge in [-0.2, -0.15) is 0 Å². The van der Waals surface area contributed by atoms with Crippen molar-refractivity contribution in [1.29, 1.82) is 0 Å². The van der Waals surface area contributed by atoms with Gasteiger partial charge in [0.25, 0.3) is 0 Å². The standard InChI is InChI=1S/C15H19BrN4/c1-11(17)8-12-2-3-14(13(16)9-12)20-7-6-19-5-4-18-15(19)10-20/h2-5,9,11H,6-8,10,17H2,1H3. The van der Waals surface area contributed by atoms with Crippen molar-refractivity contribution in [3.63, 3.8) is 0 Å². The van der Waals surface area contributed by atoms with Crippen molar-refractivity contribution in [3.05, 3.63) is 46.5 Å². The highest BCUT2D eigenvalue weighted by molar-refractivity contribution is 9.10. The molecule has 1 aliphatic heterocycles. The summed E-state index contributed by atoms with van der Waals surface area (Å²) in [4.78, 5) is 6.77. The molecule has 0 bridgehead atoms. The van der Waals surface area contributed by atoms with E-state index in [-0.39, 0.29) is 6.04 Å². The van der Waals surface area contributed by atoms with Crippen molar-refractivity contribution in [2.75, 3.05) is 11.4 Å². The summed E-state index contributed by atoms with van der Waals surface area (Å²) in [6.07, 6.45) is 4.83. The van der Waals surface area contributed by atoms with Crippen LogP contribution in [0.5, 0.6) is 0 Å². The van der Waals surface area contributed by atoms with Crippen LogP contribution in [0.15, 0.2) is 35.1 Å². The van der Waals surface area contributed by atoms with Gasteiger partial charge in [-0.25, -0.2) is 4.98 Å². The molecule has 0 fully saturated rings. The van der Waals surface area contributed by atoms with E-state index in [1.54, 1.807) is 0 Å². The minimum Gasteiger partial charge on any atom is -0.361 e. The van der Waals surface area contributed by atoms with Crippen molar-refractivity contribution >= 4 is 21.6 Å². The molecule has 1 aliphatic rings. The SMILES string of the molecule is CC(N)Cc1ccc(N2CCn3ccnc3C2)c(Br)c1. The number of hydrogen-bond acceptors (Lipinski definition) is 3. The van der Waals surface area contributed by atoms with E-state index >= 15 is 0 Å². The number of benzene rings is 1. The molecule has 3 rings (SSSR count). The predicted octanol–water partition coefficient (Wildman–Crippen LogP) is 2.56. The Balaban J connectivity index is 1.81. The van der Waals surface area contributed by atoms with Gasteiger partial charge in [0.05, 0.1) is 12.2 Å². The third-order valence-corrected chi connectivity index (χ3v) is 4.29. The Morgan fingerprint density at radius 2 is 2.25 bits per heavy atom. The molecule has 2 heterocycles. The maximum Gasteiger partial charge on any atom is 0.128 e. The molecule has 1 aromatic heterocycles. The second kappa shape index (κ2) is 5.58. The van der Waals surface area contributed by atoms with E-state index in [0.29, 0.717) is 0 Å². The van der Waals surface area contributed by atoms with Crippen LogP contribution in [0.2, 0.25) is 0 Å². The minimum absolute atomic E-state index is 0.190. The molecule has 0 spiro atoms. The van der Waals surface area contributed by atoms with Crippen molar-refractivity contribution in [2.24, 2.45) is 5.73 Å². The van der Waals surface area contributed by atoms with Gasteiger partial charge in [0.15, 0.2) is 0 Å². The Bertz CT molecular complexity index is 606. The molecule has 0 amide bonds. The normalized spacial score (nSPS) is 16.1. The lowest BCUT2D eigenvalue weighted by molar-refractivity contribution is 0.559. The predicted molar refractivity (Wildman–Crippen MR) is 84.8 cm³/mol. The van der Waals surface area contributed by atoms with E-state index in [0.717, 1.165) is 36.4 Å². The maximum atomic E-state index is 5.86. The van der Waals surface area contributed by atoms with Gasteiger partial charge >= 0.3 is 0 Å². The van der Waals surface area contributed by atoms with Crippen LogP contribution in [0.1, 0.15) is 18.3 Å². The minimum atomic E-state index is 0.190. The molecule has 2 aromatic rings. The fourth-order valence-electron chi connectivity index (χ4n) is 2.68. The Morgan fingerprint density at radius 1 is 1.40 bits per heavy atom. The van der Waals surface area contributed by atoms with Crippen molar-refractivity contribution in [1.82, 2.24) is 9.55 Å². The summed E-state index contributed by atoms with van der Waals surface area (Å²) in [7, 11) is 0. The third kappa shape index (κ3) is 2.74. The van der Waals surface area contributed by atoms with Gasteiger partial charge in [-0.15, -0.1) is 0 Å². The van der Waals surface area contributed by atoms with Gasteiger partial charge in [-0.3, -0.25) is 0 Å². The Hall–Kier alpha value is -1.33. The first-order valence-corrected chi connectivity index (χ1v) is 7.72. The molecule has 4 nitrogen and oxygen atoms in total. The second-order valence-electron chi connectivity index (χ2n) is 5.43.